The van der Waals surface area contributed by atoms with Gasteiger partial charge in [-0.05, 0) is 44.4 Å². The molecule has 0 saturated carbocycles. The molecule has 5 N–H and O–H groups in total. The summed E-state index contributed by atoms with van der Waals surface area (Å²) in [5, 5.41) is 9.41. The molecule has 0 aliphatic carbocycles. The summed E-state index contributed by atoms with van der Waals surface area (Å²) in [5.41, 5.74) is 7.59. The van der Waals surface area contributed by atoms with Crippen LogP contribution in [-0.4, -0.2) is 72.0 Å². The van der Waals surface area contributed by atoms with Gasteiger partial charge in [-0.15, -0.1) is 3.71 Å². The topological polar surface area (TPSA) is 169 Å². The van der Waals surface area contributed by atoms with Crippen LogP contribution in [0.1, 0.15) is 48.4 Å². The Balaban J connectivity index is 1.69. The van der Waals surface area contributed by atoms with Gasteiger partial charge in [0.1, 0.15) is 0 Å². The normalized spacial score (nSPS) is 14.4. The number of aryl methyl sites for hydroxylation is 1. The van der Waals surface area contributed by atoms with Gasteiger partial charge in [0, 0.05) is 43.0 Å². The average molecular weight is 602 g/mol. The molecule has 1 aliphatic rings. The number of nitrogens with one attached hydrogen (secondary N) is 3. The Bertz CT molecular complexity index is 1430. The van der Waals surface area contributed by atoms with Crippen LogP contribution < -0.4 is 21.7 Å². The molecule has 3 rings (SSSR count). The Morgan fingerprint density at radius 3 is 2.68 bits per heavy atom. The lowest BCUT2D eigenvalue weighted by molar-refractivity contribution is -0.120. The summed E-state index contributed by atoms with van der Waals surface area (Å²) in [5.74, 6) is 5.64. The maximum absolute atomic E-state index is 12.3. The number of amides is 2. The smallest absolute Gasteiger partial charge is 0.271 e. The summed E-state index contributed by atoms with van der Waals surface area (Å²) in [6, 6.07) is 7.35. The first-order chi connectivity index (χ1) is 19.5. The highest BCUT2D eigenvalue weighted by Gasteiger charge is 2.22. The Kier molecular flexibility index (Phi) is 11.5. The molecule has 220 valence electrons. The van der Waals surface area contributed by atoms with E-state index in [1.54, 1.807) is 31.2 Å². The van der Waals surface area contributed by atoms with Crippen molar-refractivity contribution in [2.45, 2.75) is 44.4 Å². The number of aromatic nitrogens is 2. The molecule has 41 heavy (non-hydrogen) atoms. The van der Waals surface area contributed by atoms with Crippen LogP contribution in [0.15, 0.2) is 36.3 Å². The molecule has 0 bridgehead atoms. The summed E-state index contributed by atoms with van der Waals surface area (Å²) in [4.78, 5) is 33.7. The quantitative estimate of drug-likeness (QED) is 0.209. The van der Waals surface area contributed by atoms with Crippen molar-refractivity contribution < 1.29 is 22.7 Å². The van der Waals surface area contributed by atoms with Crippen LogP contribution in [0.25, 0.3) is 0 Å². The van der Waals surface area contributed by atoms with Crippen molar-refractivity contribution in [2.75, 3.05) is 37.4 Å². The minimum atomic E-state index is -3.63. The fraction of sp³-hybridized carbons (Fsp3) is 0.407. The Morgan fingerprint density at radius 2 is 2.02 bits per heavy atom. The van der Waals surface area contributed by atoms with E-state index in [0.717, 1.165) is 33.9 Å². The van der Waals surface area contributed by atoms with E-state index in [9.17, 15) is 18.0 Å². The van der Waals surface area contributed by atoms with Crippen molar-refractivity contribution in [3.63, 3.8) is 0 Å². The number of nitrogens with zero attached hydrogens (tertiary/aromatic N) is 3. The third kappa shape index (κ3) is 9.19. The van der Waals surface area contributed by atoms with Crippen molar-refractivity contribution >= 4 is 51.1 Å². The largest absolute Gasteiger partial charge is 0.381 e. The van der Waals surface area contributed by atoms with E-state index in [1.165, 1.54) is 7.05 Å². The third-order valence-corrected chi connectivity index (χ3v) is 8.90. The molecular weight excluding hydrogens is 566 g/mol. The molecule has 1 aliphatic heterocycles. The van der Waals surface area contributed by atoms with Crippen LogP contribution in [0, 0.1) is 11.8 Å². The molecule has 12 nitrogen and oxygen atoms in total. The number of carbonyl (C=O) groups is 2. The zero-order valence-electron chi connectivity index (χ0n) is 23.3. The first kappa shape index (κ1) is 31.9. The molecule has 1 fully saturated rings. The zero-order valence-corrected chi connectivity index (χ0v) is 24.9. The van der Waals surface area contributed by atoms with Gasteiger partial charge in [-0.1, -0.05) is 43.4 Å². The van der Waals surface area contributed by atoms with Gasteiger partial charge in [0.15, 0.2) is 17.3 Å². The van der Waals surface area contributed by atoms with Crippen molar-refractivity contribution in [3.05, 3.63) is 53.2 Å². The molecule has 0 radical (unpaired) electrons. The summed E-state index contributed by atoms with van der Waals surface area (Å²) >= 11 is 0.864. The fourth-order valence-corrected chi connectivity index (χ4v) is 5.68. The predicted octanol–water partition coefficient (Wildman–Crippen LogP) is 2.38. The first-order valence-electron chi connectivity index (χ1n) is 13.0. The van der Waals surface area contributed by atoms with E-state index < -0.39 is 21.2 Å². The number of nitrogens with two attached hydrogens (primary N) is 1. The third-order valence-electron chi connectivity index (χ3n) is 6.05. The predicted molar refractivity (Wildman–Crippen MR) is 161 cm³/mol. The number of anilines is 3. The van der Waals surface area contributed by atoms with E-state index in [-0.39, 0.29) is 30.0 Å². The SMILES string of the molecule is C=CS(=O)(=O)N(C)S[C@@H](C)C(=O)NCC#Cc1cccc(Nc2nc(NC3CCOCC3)c(CC)nc2C(N)=O)c1. The number of benzene rings is 1. The molecule has 2 amide bonds. The maximum atomic E-state index is 12.3. The van der Waals surface area contributed by atoms with Gasteiger partial charge in [-0.3, -0.25) is 9.59 Å². The van der Waals surface area contributed by atoms with Crippen LogP contribution in [-0.2, 0) is 26.0 Å². The lowest BCUT2D eigenvalue weighted by Gasteiger charge is -2.25. The Hall–Kier alpha value is -3.64. The Labute approximate surface area is 245 Å². The molecular formula is C27H35N7O5S2. The van der Waals surface area contributed by atoms with Gasteiger partial charge in [-0.25, -0.2) is 18.4 Å². The van der Waals surface area contributed by atoms with Gasteiger partial charge in [-0.2, -0.15) is 0 Å². The lowest BCUT2D eigenvalue weighted by Crippen LogP contribution is -2.34. The summed E-state index contributed by atoms with van der Waals surface area (Å²) in [7, 11) is -2.28. The molecule has 1 saturated heterocycles. The van der Waals surface area contributed by atoms with E-state index in [1.807, 2.05) is 6.92 Å². The molecule has 0 unspecified atom stereocenters. The summed E-state index contributed by atoms with van der Waals surface area (Å²) < 4.78 is 30.0. The van der Waals surface area contributed by atoms with Crippen molar-refractivity contribution in [1.29, 1.82) is 0 Å². The highest BCUT2D eigenvalue weighted by Crippen LogP contribution is 2.25. The van der Waals surface area contributed by atoms with Gasteiger partial charge in [0.2, 0.25) is 15.9 Å². The number of ether oxygens (including phenoxy) is 1. The fourth-order valence-electron chi connectivity index (χ4n) is 3.79. The number of sulfonamides is 1. The molecule has 14 heteroatoms. The molecule has 2 heterocycles. The van der Waals surface area contributed by atoms with E-state index in [4.69, 9.17) is 10.5 Å². The summed E-state index contributed by atoms with van der Waals surface area (Å²) in [6.45, 7) is 8.21. The molecule has 2 aromatic rings. The van der Waals surface area contributed by atoms with Crippen molar-refractivity contribution in [1.82, 2.24) is 19.0 Å². The van der Waals surface area contributed by atoms with Crippen LogP contribution in [0.4, 0.5) is 17.3 Å². The number of hydrogen-bond acceptors (Lipinski definition) is 10. The van der Waals surface area contributed by atoms with E-state index in [0.29, 0.717) is 42.4 Å². The van der Waals surface area contributed by atoms with Crippen LogP contribution >= 0.6 is 11.9 Å². The molecule has 1 atom stereocenters. The van der Waals surface area contributed by atoms with Crippen LogP contribution in [0.5, 0.6) is 0 Å². The zero-order chi connectivity index (χ0) is 30.0. The molecule has 1 aromatic heterocycles. The second kappa shape index (κ2) is 14.8. The van der Waals surface area contributed by atoms with Crippen molar-refractivity contribution in [3.8, 4) is 11.8 Å². The number of hydrogen-bond donors (Lipinski definition) is 4. The van der Waals surface area contributed by atoms with Crippen molar-refractivity contribution in [2.24, 2.45) is 5.73 Å². The molecule has 1 aromatic carbocycles. The average Bonchev–Trinajstić information content (AvgIpc) is 2.95. The Morgan fingerprint density at radius 1 is 1.29 bits per heavy atom. The monoisotopic (exact) mass is 601 g/mol. The highest BCUT2D eigenvalue weighted by molar-refractivity contribution is 8.10. The number of carbonyl (C=O) groups excluding carboxylic acids is 2. The minimum Gasteiger partial charge on any atom is -0.381 e. The van der Waals surface area contributed by atoms with E-state index in [2.05, 4.69) is 44.3 Å². The lowest BCUT2D eigenvalue weighted by atomic mass is 10.1. The van der Waals surface area contributed by atoms with Gasteiger partial charge >= 0.3 is 0 Å². The second-order valence-corrected chi connectivity index (χ2v) is 12.7. The van der Waals surface area contributed by atoms with E-state index >= 15 is 0 Å². The van der Waals surface area contributed by atoms with Gasteiger partial charge in [0.05, 0.1) is 17.5 Å². The highest BCUT2D eigenvalue weighted by atomic mass is 32.3. The second-order valence-electron chi connectivity index (χ2n) is 9.06. The van der Waals surface area contributed by atoms with Gasteiger partial charge in [0.25, 0.3) is 5.91 Å². The van der Waals surface area contributed by atoms with Gasteiger partial charge < -0.3 is 26.4 Å². The first-order valence-corrected chi connectivity index (χ1v) is 15.3. The molecule has 0 spiro atoms. The summed E-state index contributed by atoms with van der Waals surface area (Å²) in [6.07, 6.45) is 2.26. The minimum absolute atomic E-state index is 0.0390. The van der Waals surface area contributed by atoms with Crippen LogP contribution in [0.3, 0.4) is 0 Å². The van der Waals surface area contributed by atoms with Crippen LogP contribution in [0.2, 0.25) is 0 Å². The standard InChI is InChI=1S/C27H35N7O5S2/c1-5-22-25(30-20-12-15-39-16-13-20)33-26(23(32-22)24(28)35)31-21-11-7-9-19(17-21)10-8-14-29-27(36)18(3)40-34(4)41(37,38)6-2/h6-7,9,11,17-18,20H,2,5,12-16H2,1,3-4H3,(H2,28,35)(H,29,36)(H2,30,31,33)/t18-/m0/s1. The number of primary amides is 1. The number of rotatable bonds is 12. The maximum Gasteiger partial charge on any atom is 0.271 e.